The van der Waals surface area contributed by atoms with E-state index in [4.69, 9.17) is 4.74 Å². The molecule has 1 aromatic rings. The summed E-state index contributed by atoms with van der Waals surface area (Å²) < 4.78 is 32.9. The molecular weight excluding hydrogens is 420 g/mol. The Kier molecular flexibility index (Phi) is 6.71. The van der Waals surface area contributed by atoms with Crippen LogP contribution < -0.4 is 5.32 Å². The first-order chi connectivity index (χ1) is 12.5. The van der Waals surface area contributed by atoms with Crippen LogP contribution >= 0.6 is 15.9 Å². The zero-order valence-electron chi connectivity index (χ0n) is 14.7. The summed E-state index contributed by atoms with van der Waals surface area (Å²) in [5, 5.41) is 2.96. The number of halogens is 1. The van der Waals surface area contributed by atoms with Gasteiger partial charge in [-0.3, -0.25) is 4.79 Å². The molecule has 2 aliphatic rings. The predicted molar refractivity (Wildman–Crippen MR) is 103 cm³/mol. The number of hydrogen-bond acceptors (Lipinski definition) is 4. The van der Waals surface area contributed by atoms with Crippen molar-refractivity contribution in [1.29, 1.82) is 0 Å². The van der Waals surface area contributed by atoms with Crippen LogP contribution in [0.1, 0.15) is 42.5 Å². The van der Waals surface area contributed by atoms with Crippen LogP contribution in [-0.4, -0.2) is 51.5 Å². The summed E-state index contributed by atoms with van der Waals surface area (Å²) in [6, 6.07) is 4.74. The number of carbonyl (C=O) groups is 1. The summed E-state index contributed by atoms with van der Waals surface area (Å²) in [5.41, 5.74) is 0.371. The lowest BCUT2D eigenvalue weighted by Gasteiger charge is -2.26. The number of carbonyl (C=O) groups excluding carboxylic acids is 1. The molecule has 8 heteroatoms. The number of amides is 1. The molecule has 0 unspecified atom stereocenters. The van der Waals surface area contributed by atoms with Gasteiger partial charge < -0.3 is 10.1 Å². The van der Waals surface area contributed by atoms with Gasteiger partial charge in [-0.1, -0.05) is 19.3 Å². The fourth-order valence-corrected chi connectivity index (χ4v) is 5.86. The normalized spacial score (nSPS) is 20.0. The van der Waals surface area contributed by atoms with E-state index in [0.717, 1.165) is 12.8 Å². The minimum atomic E-state index is -3.66. The molecule has 0 bridgehead atoms. The van der Waals surface area contributed by atoms with Crippen molar-refractivity contribution in [3.8, 4) is 0 Å². The van der Waals surface area contributed by atoms with Crippen molar-refractivity contribution in [3.63, 3.8) is 0 Å². The molecule has 144 valence electrons. The Balaban J connectivity index is 1.73. The summed E-state index contributed by atoms with van der Waals surface area (Å²) in [6.07, 6.45) is 6.02. The standard InChI is InChI=1S/C18H25BrN2O4S/c19-16-7-6-15(18(22)20-13-14-4-2-1-3-5-14)12-17(16)26(23,24)21-8-10-25-11-9-21/h6-7,12,14H,1-5,8-11,13H2,(H,20,22). The maximum atomic E-state index is 12.9. The Hall–Kier alpha value is -0.960. The van der Waals surface area contributed by atoms with Crippen molar-refractivity contribution in [3.05, 3.63) is 28.2 Å². The number of rotatable bonds is 5. The number of benzene rings is 1. The van der Waals surface area contributed by atoms with Gasteiger partial charge in [0, 0.05) is 29.7 Å². The quantitative estimate of drug-likeness (QED) is 0.757. The molecule has 2 fully saturated rings. The van der Waals surface area contributed by atoms with Gasteiger partial charge in [-0.15, -0.1) is 0 Å². The van der Waals surface area contributed by atoms with Crippen molar-refractivity contribution in [2.24, 2.45) is 5.92 Å². The Bertz CT molecular complexity index is 742. The van der Waals surface area contributed by atoms with Crippen molar-refractivity contribution in [2.75, 3.05) is 32.8 Å². The highest BCUT2D eigenvalue weighted by atomic mass is 79.9. The first-order valence-electron chi connectivity index (χ1n) is 9.14. The Labute approximate surface area is 163 Å². The average Bonchev–Trinajstić information content (AvgIpc) is 2.68. The van der Waals surface area contributed by atoms with E-state index in [0.29, 0.717) is 48.8 Å². The average molecular weight is 445 g/mol. The molecule has 1 heterocycles. The van der Waals surface area contributed by atoms with Crippen molar-refractivity contribution >= 4 is 31.9 Å². The van der Waals surface area contributed by atoms with Crippen LogP contribution in [-0.2, 0) is 14.8 Å². The molecule has 6 nitrogen and oxygen atoms in total. The van der Waals surface area contributed by atoms with Crippen LogP contribution in [0.3, 0.4) is 0 Å². The Morgan fingerprint density at radius 1 is 1.19 bits per heavy atom. The lowest BCUT2D eigenvalue weighted by molar-refractivity contribution is 0.0730. The lowest BCUT2D eigenvalue weighted by atomic mass is 9.89. The smallest absolute Gasteiger partial charge is 0.251 e. The minimum absolute atomic E-state index is 0.129. The highest BCUT2D eigenvalue weighted by molar-refractivity contribution is 9.10. The van der Waals surface area contributed by atoms with Crippen LogP contribution in [0.4, 0.5) is 0 Å². The first kappa shape index (κ1) is 19.8. The second-order valence-corrected chi connectivity index (χ2v) is 9.64. The van der Waals surface area contributed by atoms with E-state index in [-0.39, 0.29) is 10.8 Å². The van der Waals surface area contributed by atoms with Gasteiger partial charge in [-0.05, 0) is 52.9 Å². The molecule has 1 amide bonds. The number of hydrogen-bond donors (Lipinski definition) is 1. The third-order valence-electron chi connectivity index (χ3n) is 5.06. The summed E-state index contributed by atoms with van der Waals surface area (Å²) in [4.78, 5) is 12.6. The van der Waals surface area contributed by atoms with Crippen LogP contribution in [0.25, 0.3) is 0 Å². The topological polar surface area (TPSA) is 75.7 Å². The van der Waals surface area contributed by atoms with Crippen LogP contribution in [0.2, 0.25) is 0 Å². The molecule has 26 heavy (non-hydrogen) atoms. The molecule has 0 aromatic heterocycles. The van der Waals surface area contributed by atoms with E-state index in [1.54, 1.807) is 12.1 Å². The number of morpholine rings is 1. The van der Waals surface area contributed by atoms with Gasteiger partial charge in [0.2, 0.25) is 10.0 Å². The van der Waals surface area contributed by atoms with Crippen LogP contribution in [0.5, 0.6) is 0 Å². The van der Waals surface area contributed by atoms with Crippen molar-refractivity contribution in [2.45, 2.75) is 37.0 Å². The largest absolute Gasteiger partial charge is 0.379 e. The molecule has 1 aliphatic carbocycles. The van der Waals surface area contributed by atoms with Gasteiger partial charge in [0.1, 0.15) is 0 Å². The predicted octanol–water partition coefficient (Wildman–Crippen LogP) is 2.78. The fourth-order valence-electron chi connectivity index (χ4n) is 3.50. The third kappa shape index (κ3) is 4.65. The molecule has 0 spiro atoms. The number of ether oxygens (including phenoxy) is 1. The fraction of sp³-hybridized carbons (Fsp3) is 0.611. The molecular formula is C18H25BrN2O4S. The maximum absolute atomic E-state index is 12.9. The monoisotopic (exact) mass is 444 g/mol. The van der Waals surface area contributed by atoms with Gasteiger partial charge in [-0.25, -0.2) is 8.42 Å². The second-order valence-electron chi connectivity index (χ2n) is 6.88. The van der Waals surface area contributed by atoms with Gasteiger partial charge in [0.15, 0.2) is 0 Å². The molecule has 1 N–H and O–H groups in total. The zero-order chi connectivity index (χ0) is 18.6. The van der Waals surface area contributed by atoms with E-state index >= 15 is 0 Å². The van der Waals surface area contributed by atoms with E-state index < -0.39 is 10.0 Å². The van der Waals surface area contributed by atoms with Gasteiger partial charge in [0.05, 0.1) is 18.1 Å². The zero-order valence-corrected chi connectivity index (χ0v) is 17.1. The molecule has 1 aromatic carbocycles. The number of sulfonamides is 1. The van der Waals surface area contributed by atoms with E-state index in [2.05, 4.69) is 21.2 Å². The molecule has 0 atom stereocenters. The van der Waals surface area contributed by atoms with Gasteiger partial charge in [-0.2, -0.15) is 4.31 Å². The highest BCUT2D eigenvalue weighted by Crippen LogP contribution is 2.27. The first-order valence-corrected chi connectivity index (χ1v) is 11.4. The molecule has 1 saturated carbocycles. The van der Waals surface area contributed by atoms with Crippen LogP contribution in [0.15, 0.2) is 27.6 Å². The summed E-state index contributed by atoms with van der Waals surface area (Å²) in [6.45, 7) is 2.08. The summed E-state index contributed by atoms with van der Waals surface area (Å²) in [5.74, 6) is 0.307. The summed E-state index contributed by atoms with van der Waals surface area (Å²) >= 11 is 3.31. The number of nitrogens with one attached hydrogen (secondary N) is 1. The second kappa shape index (κ2) is 8.82. The van der Waals surface area contributed by atoms with Crippen LogP contribution in [0, 0.1) is 5.92 Å². The lowest BCUT2D eigenvalue weighted by Crippen LogP contribution is -2.40. The number of nitrogens with zero attached hydrogens (tertiary/aromatic N) is 1. The maximum Gasteiger partial charge on any atom is 0.251 e. The molecule has 0 radical (unpaired) electrons. The third-order valence-corrected chi connectivity index (χ3v) is 7.95. The molecule has 1 aliphatic heterocycles. The van der Waals surface area contributed by atoms with Crippen molar-refractivity contribution < 1.29 is 17.9 Å². The van der Waals surface area contributed by atoms with E-state index in [9.17, 15) is 13.2 Å². The Morgan fingerprint density at radius 3 is 2.58 bits per heavy atom. The van der Waals surface area contributed by atoms with Gasteiger partial charge >= 0.3 is 0 Å². The SMILES string of the molecule is O=C(NCC1CCCCC1)c1ccc(Br)c(S(=O)(=O)N2CCOCC2)c1. The Morgan fingerprint density at radius 2 is 1.88 bits per heavy atom. The highest BCUT2D eigenvalue weighted by Gasteiger charge is 2.29. The van der Waals surface area contributed by atoms with E-state index in [1.807, 2.05) is 0 Å². The van der Waals surface area contributed by atoms with Crippen molar-refractivity contribution in [1.82, 2.24) is 9.62 Å². The minimum Gasteiger partial charge on any atom is -0.379 e. The summed E-state index contributed by atoms with van der Waals surface area (Å²) in [7, 11) is -3.66. The molecule has 3 rings (SSSR count). The van der Waals surface area contributed by atoms with Gasteiger partial charge in [0.25, 0.3) is 5.91 Å². The van der Waals surface area contributed by atoms with E-state index in [1.165, 1.54) is 29.6 Å². The molecule has 1 saturated heterocycles.